The topological polar surface area (TPSA) is 75.6 Å². The van der Waals surface area contributed by atoms with Gasteiger partial charge < -0.3 is 15.2 Å². The van der Waals surface area contributed by atoms with Gasteiger partial charge in [-0.05, 0) is 47.7 Å². The molecule has 0 saturated heterocycles. The maximum Gasteiger partial charge on any atom is 0.305 e. The summed E-state index contributed by atoms with van der Waals surface area (Å²) >= 11 is 5.68. The maximum atomic E-state index is 13.7. The third-order valence-electron chi connectivity index (χ3n) is 4.69. The van der Waals surface area contributed by atoms with Gasteiger partial charge in [-0.15, -0.1) is 0 Å². The van der Waals surface area contributed by atoms with Crippen LogP contribution < -0.4 is 10.1 Å². The van der Waals surface area contributed by atoms with Crippen molar-refractivity contribution in [3.8, 4) is 5.75 Å². The molecule has 0 bridgehead atoms. The molecule has 0 aromatic heterocycles. The Balaban J connectivity index is 1.71. The summed E-state index contributed by atoms with van der Waals surface area (Å²) in [4.78, 5) is 23.8. The molecule has 1 amide bonds. The molecule has 1 aliphatic carbocycles. The second kappa shape index (κ2) is 7.96. The average Bonchev–Trinajstić information content (AvgIpc) is 3.44. The Morgan fingerprint density at radius 1 is 1.33 bits per heavy atom. The highest BCUT2D eigenvalue weighted by Crippen LogP contribution is 2.48. The number of ether oxygens (including phenoxy) is 1. The van der Waals surface area contributed by atoms with Crippen LogP contribution in [0.4, 0.5) is 4.39 Å². The number of amides is 1. The van der Waals surface area contributed by atoms with Crippen LogP contribution in [0.1, 0.15) is 35.9 Å². The lowest BCUT2D eigenvalue weighted by atomic mass is 10.0. The van der Waals surface area contributed by atoms with Gasteiger partial charge in [-0.1, -0.05) is 29.8 Å². The van der Waals surface area contributed by atoms with Crippen molar-refractivity contribution in [3.05, 3.63) is 64.4 Å². The van der Waals surface area contributed by atoms with Crippen molar-refractivity contribution < 1.29 is 23.8 Å². The first-order chi connectivity index (χ1) is 12.9. The highest BCUT2D eigenvalue weighted by molar-refractivity contribution is 6.30. The molecular weight excluding hydrogens is 373 g/mol. The summed E-state index contributed by atoms with van der Waals surface area (Å²) in [7, 11) is 1.58. The normalized spacial score (nSPS) is 19.2. The number of aliphatic carboxylic acids is 1. The third kappa shape index (κ3) is 4.57. The standard InChI is InChI=1S/C20H19ClFNO4/c1-27-13-4-2-3-11(7-13)14-9-15(14)20(26)23-18(10-19(24)25)12-5-6-16(21)17(22)8-12/h2-8,14-15,18H,9-10H2,1H3,(H,23,26)(H,24,25). The van der Waals surface area contributed by atoms with E-state index >= 15 is 0 Å². The zero-order valence-electron chi connectivity index (χ0n) is 14.6. The molecule has 2 N–H and O–H groups in total. The second-order valence-corrected chi connectivity index (χ2v) is 6.97. The molecule has 0 spiro atoms. The molecule has 7 heteroatoms. The number of carboxylic acid groups (broad SMARTS) is 1. The fraction of sp³-hybridized carbons (Fsp3) is 0.300. The fourth-order valence-electron chi connectivity index (χ4n) is 3.16. The number of halogens is 2. The predicted molar refractivity (Wildman–Crippen MR) is 98.4 cm³/mol. The summed E-state index contributed by atoms with van der Waals surface area (Å²) in [5.41, 5.74) is 1.37. The first-order valence-electron chi connectivity index (χ1n) is 8.50. The van der Waals surface area contributed by atoms with Crippen LogP contribution in [-0.4, -0.2) is 24.1 Å². The van der Waals surface area contributed by atoms with E-state index < -0.39 is 17.8 Å². The van der Waals surface area contributed by atoms with E-state index in [-0.39, 0.29) is 29.2 Å². The lowest BCUT2D eigenvalue weighted by Crippen LogP contribution is -2.31. The Hall–Kier alpha value is -2.60. The smallest absolute Gasteiger partial charge is 0.305 e. The molecule has 1 fully saturated rings. The lowest BCUT2D eigenvalue weighted by molar-refractivity contribution is -0.137. The van der Waals surface area contributed by atoms with Crippen LogP contribution in [0, 0.1) is 11.7 Å². The van der Waals surface area contributed by atoms with E-state index in [0.29, 0.717) is 12.0 Å². The van der Waals surface area contributed by atoms with Gasteiger partial charge in [0.2, 0.25) is 5.91 Å². The molecule has 27 heavy (non-hydrogen) atoms. The first kappa shape index (κ1) is 19.2. The molecule has 3 rings (SSSR count). The van der Waals surface area contributed by atoms with Crippen molar-refractivity contribution in [2.24, 2.45) is 5.92 Å². The number of carbonyl (C=O) groups is 2. The van der Waals surface area contributed by atoms with Gasteiger partial charge in [0, 0.05) is 5.92 Å². The van der Waals surface area contributed by atoms with E-state index in [2.05, 4.69) is 5.32 Å². The van der Waals surface area contributed by atoms with Gasteiger partial charge in [0.05, 0.1) is 24.6 Å². The van der Waals surface area contributed by atoms with E-state index in [1.54, 1.807) is 7.11 Å². The summed E-state index contributed by atoms with van der Waals surface area (Å²) in [5, 5.41) is 11.8. The van der Waals surface area contributed by atoms with Gasteiger partial charge in [0.15, 0.2) is 0 Å². The molecule has 0 radical (unpaired) electrons. The van der Waals surface area contributed by atoms with Gasteiger partial charge in [-0.3, -0.25) is 9.59 Å². The van der Waals surface area contributed by atoms with Gasteiger partial charge in [0.25, 0.3) is 0 Å². The molecule has 0 aliphatic heterocycles. The summed E-state index contributed by atoms with van der Waals surface area (Å²) in [6.45, 7) is 0. The molecule has 142 valence electrons. The Kier molecular flexibility index (Phi) is 5.65. The van der Waals surface area contributed by atoms with E-state index in [4.69, 9.17) is 21.4 Å². The number of nitrogens with one attached hydrogen (secondary N) is 1. The van der Waals surface area contributed by atoms with Crippen LogP contribution in [-0.2, 0) is 9.59 Å². The Bertz CT molecular complexity index is 873. The minimum Gasteiger partial charge on any atom is -0.497 e. The minimum atomic E-state index is -1.09. The van der Waals surface area contributed by atoms with Crippen LogP contribution >= 0.6 is 11.6 Å². The number of hydrogen-bond donors (Lipinski definition) is 2. The van der Waals surface area contributed by atoms with E-state index in [0.717, 1.165) is 17.4 Å². The third-order valence-corrected chi connectivity index (χ3v) is 5.00. The van der Waals surface area contributed by atoms with E-state index in [1.807, 2.05) is 24.3 Å². The van der Waals surface area contributed by atoms with Crippen molar-refractivity contribution in [2.75, 3.05) is 7.11 Å². The molecule has 0 heterocycles. The van der Waals surface area contributed by atoms with Crippen molar-refractivity contribution in [2.45, 2.75) is 24.8 Å². The zero-order chi connectivity index (χ0) is 19.6. The highest BCUT2D eigenvalue weighted by atomic mass is 35.5. The molecule has 2 aromatic carbocycles. The molecule has 3 atom stereocenters. The minimum absolute atomic E-state index is 0.0561. The molecule has 1 saturated carbocycles. The monoisotopic (exact) mass is 391 g/mol. The predicted octanol–water partition coefficient (Wildman–Crippen LogP) is 3.92. The van der Waals surface area contributed by atoms with E-state index in [9.17, 15) is 14.0 Å². The summed E-state index contributed by atoms with van der Waals surface area (Å²) < 4.78 is 18.9. The summed E-state index contributed by atoms with van der Waals surface area (Å²) in [5.74, 6) is -1.45. The Morgan fingerprint density at radius 3 is 2.78 bits per heavy atom. The molecule has 3 unspecified atom stereocenters. The van der Waals surface area contributed by atoms with Crippen molar-refractivity contribution in [1.29, 1.82) is 0 Å². The highest BCUT2D eigenvalue weighted by Gasteiger charge is 2.44. The van der Waals surface area contributed by atoms with E-state index in [1.165, 1.54) is 12.1 Å². The number of benzene rings is 2. The number of carbonyl (C=O) groups excluding carboxylic acids is 1. The molecule has 2 aromatic rings. The summed E-state index contributed by atoms with van der Waals surface area (Å²) in [6, 6.07) is 10.7. The van der Waals surface area contributed by atoms with Crippen LogP contribution in [0.3, 0.4) is 0 Å². The van der Waals surface area contributed by atoms with Gasteiger partial charge >= 0.3 is 5.97 Å². The SMILES string of the molecule is COc1cccc(C2CC2C(=O)NC(CC(=O)O)c2ccc(Cl)c(F)c2)c1. The van der Waals surface area contributed by atoms with Crippen molar-refractivity contribution in [1.82, 2.24) is 5.32 Å². The van der Waals surface area contributed by atoms with Gasteiger partial charge in [0.1, 0.15) is 11.6 Å². The fourth-order valence-corrected chi connectivity index (χ4v) is 3.28. The number of rotatable bonds is 7. The lowest BCUT2D eigenvalue weighted by Gasteiger charge is -2.18. The molecular formula is C20H19ClFNO4. The molecule has 1 aliphatic rings. The van der Waals surface area contributed by atoms with Crippen LogP contribution in [0.15, 0.2) is 42.5 Å². The number of carboxylic acids is 1. The second-order valence-electron chi connectivity index (χ2n) is 6.56. The van der Waals surface area contributed by atoms with Crippen LogP contribution in [0.2, 0.25) is 5.02 Å². The Morgan fingerprint density at radius 2 is 2.11 bits per heavy atom. The number of methoxy groups -OCH3 is 1. The van der Waals surface area contributed by atoms with Crippen LogP contribution in [0.5, 0.6) is 5.75 Å². The van der Waals surface area contributed by atoms with Crippen LogP contribution in [0.25, 0.3) is 0 Å². The largest absolute Gasteiger partial charge is 0.497 e. The van der Waals surface area contributed by atoms with Crippen molar-refractivity contribution in [3.63, 3.8) is 0 Å². The zero-order valence-corrected chi connectivity index (χ0v) is 15.4. The maximum absolute atomic E-state index is 13.7. The Labute approximate surface area is 161 Å². The van der Waals surface area contributed by atoms with Gasteiger partial charge in [-0.25, -0.2) is 4.39 Å². The van der Waals surface area contributed by atoms with Gasteiger partial charge in [-0.2, -0.15) is 0 Å². The first-order valence-corrected chi connectivity index (χ1v) is 8.88. The quantitative estimate of drug-likeness (QED) is 0.750. The average molecular weight is 392 g/mol. The summed E-state index contributed by atoms with van der Waals surface area (Å²) in [6.07, 6.45) is 0.330. The number of hydrogen-bond acceptors (Lipinski definition) is 3. The molecule has 5 nitrogen and oxygen atoms in total. The van der Waals surface area contributed by atoms with Crippen molar-refractivity contribution >= 4 is 23.5 Å².